The van der Waals surface area contributed by atoms with E-state index in [1.165, 1.54) is 0 Å². The number of hydrogen-bond acceptors (Lipinski definition) is 3. The smallest absolute Gasteiger partial charge is 0.224 e. The molecule has 3 N–H and O–H groups in total. The Hall–Kier alpha value is -1.39. The van der Waals surface area contributed by atoms with Crippen LogP contribution in [0.2, 0.25) is 0 Å². The highest BCUT2D eigenvalue weighted by Gasteiger charge is 2.15. The summed E-state index contributed by atoms with van der Waals surface area (Å²) in [5, 5.41) is 2.96. The lowest BCUT2D eigenvalue weighted by molar-refractivity contribution is -0.125. The molecule has 0 saturated carbocycles. The van der Waals surface area contributed by atoms with Crippen LogP contribution in [0.4, 0.5) is 0 Å². The van der Waals surface area contributed by atoms with Gasteiger partial charge in [0.15, 0.2) is 0 Å². The molecule has 0 saturated heterocycles. The third kappa shape index (κ3) is 5.01. The number of amides is 1. The lowest BCUT2D eigenvalue weighted by atomic mass is 10.0. The van der Waals surface area contributed by atoms with Crippen LogP contribution in [0.15, 0.2) is 24.3 Å². The van der Waals surface area contributed by atoms with Crippen molar-refractivity contribution >= 4 is 5.91 Å². The van der Waals surface area contributed by atoms with Gasteiger partial charge in [0.25, 0.3) is 0 Å². The average Bonchev–Trinajstić information content (AvgIpc) is 2.43. The molecule has 4 nitrogen and oxygen atoms in total. The van der Waals surface area contributed by atoms with Crippen molar-refractivity contribution in [1.29, 1.82) is 0 Å². The molecule has 0 aliphatic carbocycles. The van der Waals surface area contributed by atoms with Gasteiger partial charge in [-0.25, -0.2) is 0 Å². The summed E-state index contributed by atoms with van der Waals surface area (Å²) < 4.78 is 5.15. The van der Waals surface area contributed by atoms with Crippen LogP contribution in [0.3, 0.4) is 0 Å². The van der Waals surface area contributed by atoms with Crippen molar-refractivity contribution < 1.29 is 9.53 Å². The number of carbonyl (C=O) groups excluding carboxylic acids is 1. The van der Waals surface area contributed by atoms with E-state index in [1.54, 1.807) is 7.11 Å². The van der Waals surface area contributed by atoms with E-state index < -0.39 is 0 Å². The average molecular weight is 264 g/mol. The topological polar surface area (TPSA) is 64.4 Å². The Morgan fingerprint density at radius 1 is 1.37 bits per heavy atom. The first-order valence-corrected chi connectivity index (χ1v) is 6.76. The van der Waals surface area contributed by atoms with E-state index in [9.17, 15) is 4.79 Å². The van der Waals surface area contributed by atoms with Gasteiger partial charge in [0.05, 0.1) is 12.5 Å². The summed E-state index contributed by atoms with van der Waals surface area (Å²) in [4.78, 5) is 12.0. The van der Waals surface area contributed by atoms with Crippen molar-refractivity contribution in [3.63, 3.8) is 0 Å². The van der Waals surface area contributed by atoms with E-state index in [0.717, 1.165) is 24.0 Å². The van der Waals surface area contributed by atoms with Crippen LogP contribution < -0.4 is 11.1 Å². The zero-order chi connectivity index (χ0) is 14.1. The van der Waals surface area contributed by atoms with E-state index in [1.807, 2.05) is 24.3 Å². The maximum atomic E-state index is 12.0. The lowest BCUT2D eigenvalue weighted by Gasteiger charge is -2.15. The van der Waals surface area contributed by atoms with Crippen LogP contribution in [0.5, 0.6) is 0 Å². The molecule has 106 valence electrons. The largest absolute Gasteiger partial charge is 0.380 e. The zero-order valence-electron chi connectivity index (χ0n) is 11.8. The molecule has 0 bridgehead atoms. The van der Waals surface area contributed by atoms with Crippen LogP contribution in [-0.2, 0) is 22.7 Å². The number of ether oxygens (including phenoxy) is 1. The van der Waals surface area contributed by atoms with E-state index in [2.05, 4.69) is 12.2 Å². The summed E-state index contributed by atoms with van der Waals surface area (Å²) in [6, 6.07) is 7.95. The second kappa shape index (κ2) is 8.67. The van der Waals surface area contributed by atoms with Crippen LogP contribution in [0.1, 0.15) is 30.9 Å². The number of benzene rings is 1. The molecule has 0 aliphatic rings. The molecule has 0 spiro atoms. The molecule has 1 amide bonds. The number of nitrogens with one attached hydrogen (secondary N) is 1. The Morgan fingerprint density at radius 3 is 2.63 bits per heavy atom. The number of nitrogens with two attached hydrogens (primary N) is 1. The molecule has 4 heteroatoms. The molecule has 0 fully saturated rings. The second-order valence-corrected chi connectivity index (χ2v) is 4.64. The van der Waals surface area contributed by atoms with E-state index >= 15 is 0 Å². The van der Waals surface area contributed by atoms with Gasteiger partial charge in [0.2, 0.25) is 5.91 Å². The van der Waals surface area contributed by atoms with Gasteiger partial charge in [-0.1, -0.05) is 37.6 Å². The molecule has 0 radical (unpaired) electrons. The maximum absolute atomic E-state index is 12.0. The van der Waals surface area contributed by atoms with Crippen molar-refractivity contribution in [2.45, 2.75) is 32.9 Å². The minimum Gasteiger partial charge on any atom is -0.380 e. The molecule has 1 unspecified atom stereocenters. The number of rotatable bonds is 8. The van der Waals surface area contributed by atoms with Gasteiger partial charge >= 0.3 is 0 Å². The third-order valence-corrected chi connectivity index (χ3v) is 3.16. The predicted molar refractivity (Wildman–Crippen MR) is 76.5 cm³/mol. The minimum atomic E-state index is -0.0837. The number of carbonyl (C=O) groups is 1. The van der Waals surface area contributed by atoms with Crippen molar-refractivity contribution in [3.05, 3.63) is 35.4 Å². The first kappa shape index (κ1) is 15.7. The Morgan fingerprint density at radius 2 is 2.05 bits per heavy atom. The van der Waals surface area contributed by atoms with Gasteiger partial charge in [-0.3, -0.25) is 4.79 Å². The molecular weight excluding hydrogens is 240 g/mol. The standard InChI is InChI=1S/C15H24N2O2/c1-3-6-12(9-16)15(18)17-10-13-7-4-5-8-14(13)11-19-2/h4-5,7-8,12H,3,6,9-11,16H2,1-2H3,(H,17,18). The summed E-state index contributed by atoms with van der Waals surface area (Å²) in [6.07, 6.45) is 1.80. The minimum absolute atomic E-state index is 0.0385. The Labute approximate surface area is 115 Å². The van der Waals surface area contributed by atoms with Gasteiger partial charge in [0, 0.05) is 20.2 Å². The normalized spacial score (nSPS) is 12.2. The molecule has 1 aromatic carbocycles. The van der Waals surface area contributed by atoms with Crippen LogP contribution in [0.25, 0.3) is 0 Å². The summed E-state index contributed by atoms with van der Waals surface area (Å²) >= 11 is 0. The number of methoxy groups -OCH3 is 1. The van der Waals surface area contributed by atoms with Crippen LogP contribution in [-0.4, -0.2) is 19.6 Å². The monoisotopic (exact) mass is 264 g/mol. The fourth-order valence-electron chi connectivity index (χ4n) is 2.06. The first-order chi connectivity index (χ1) is 9.22. The lowest BCUT2D eigenvalue weighted by Crippen LogP contribution is -2.34. The highest BCUT2D eigenvalue weighted by Crippen LogP contribution is 2.10. The highest BCUT2D eigenvalue weighted by atomic mass is 16.5. The summed E-state index contributed by atoms with van der Waals surface area (Å²) in [6.45, 7) is 3.54. The fraction of sp³-hybridized carbons (Fsp3) is 0.533. The molecule has 0 aromatic heterocycles. The van der Waals surface area contributed by atoms with E-state index in [4.69, 9.17) is 10.5 Å². The Balaban J connectivity index is 2.58. The van der Waals surface area contributed by atoms with Gasteiger partial charge < -0.3 is 15.8 Å². The first-order valence-electron chi connectivity index (χ1n) is 6.76. The maximum Gasteiger partial charge on any atom is 0.224 e. The van der Waals surface area contributed by atoms with Gasteiger partial charge in [-0.2, -0.15) is 0 Å². The summed E-state index contributed by atoms with van der Waals surface area (Å²) in [5.41, 5.74) is 7.82. The molecule has 0 aliphatic heterocycles. The third-order valence-electron chi connectivity index (χ3n) is 3.16. The fourth-order valence-corrected chi connectivity index (χ4v) is 2.06. The second-order valence-electron chi connectivity index (χ2n) is 4.64. The predicted octanol–water partition coefficient (Wildman–Crippen LogP) is 1.82. The summed E-state index contributed by atoms with van der Waals surface area (Å²) in [5.74, 6) is -0.0452. The van der Waals surface area contributed by atoms with Gasteiger partial charge in [0.1, 0.15) is 0 Å². The van der Waals surface area contributed by atoms with E-state index in [0.29, 0.717) is 19.7 Å². The molecule has 0 heterocycles. The van der Waals surface area contributed by atoms with Crippen molar-refractivity contribution in [1.82, 2.24) is 5.32 Å². The van der Waals surface area contributed by atoms with Gasteiger partial charge in [-0.05, 0) is 17.5 Å². The van der Waals surface area contributed by atoms with Crippen LogP contribution >= 0.6 is 0 Å². The number of hydrogen-bond donors (Lipinski definition) is 2. The molecule has 1 rings (SSSR count). The molecule has 1 aromatic rings. The zero-order valence-corrected chi connectivity index (χ0v) is 11.8. The molecule has 19 heavy (non-hydrogen) atoms. The van der Waals surface area contributed by atoms with Crippen molar-refractivity contribution in [2.24, 2.45) is 11.7 Å². The Bertz CT molecular complexity index is 393. The summed E-state index contributed by atoms with van der Waals surface area (Å²) in [7, 11) is 1.67. The highest BCUT2D eigenvalue weighted by molar-refractivity contribution is 5.78. The molecule has 1 atom stereocenters. The van der Waals surface area contributed by atoms with E-state index in [-0.39, 0.29) is 11.8 Å². The Kier molecular flexibility index (Phi) is 7.15. The SMILES string of the molecule is CCCC(CN)C(=O)NCc1ccccc1COC. The van der Waals surface area contributed by atoms with Crippen LogP contribution in [0, 0.1) is 5.92 Å². The molecular formula is C15H24N2O2. The van der Waals surface area contributed by atoms with Gasteiger partial charge in [-0.15, -0.1) is 0 Å². The van der Waals surface area contributed by atoms with Crippen molar-refractivity contribution in [3.8, 4) is 0 Å². The van der Waals surface area contributed by atoms with Crippen molar-refractivity contribution in [2.75, 3.05) is 13.7 Å². The quantitative estimate of drug-likeness (QED) is 0.753.